The minimum absolute atomic E-state index is 0.197. The van der Waals surface area contributed by atoms with Crippen molar-refractivity contribution < 1.29 is 14.3 Å². The zero-order chi connectivity index (χ0) is 15.4. The summed E-state index contributed by atoms with van der Waals surface area (Å²) < 4.78 is 6.52. The molecule has 21 heavy (non-hydrogen) atoms. The van der Waals surface area contributed by atoms with Crippen molar-refractivity contribution in [2.24, 2.45) is 0 Å². The van der Waals surface area contributed by atoms with Gasteiger partial charge in [-0.25, -0.2) is 4.79 Å². The van der Waals surface area contributed by atoms with Crippen LogP contribution in [0.15, 0.2) is 30.5 Å². The van der Waals surface area contributed by atoms with E-state index in [1.165, 1.54) is 7.11 Å². The lowest BCUT2D eigenvalue weighted by atomic mass is 10.2. The summed E-state index contributed by atoms with van der Waals surface area (Å²) in [6.45, 7) is 2.11. The number of esters is 1. The van der Waals surface area contributed by atoms with Crippen LogP contribution in [0.25, 0.3) is 10.9 Å². The van der Waals surface area contributed by atoms with Gasteiger partial charge in [-0.15, -0.1) is 0 Å². The smallest absolute Gasteiger partial charge is 0.328 e. The molecule has 1 heterocycles. The molecule has 0 fully saturated rings. The summed E-state index contributed by atoms with van der Waals surface area (Å²) in [6, 6.07) is 6.95. The molecule has 1 aromatic heterocycles. The maximum absolute atomic E-state index is 11.8. The monoisotopic (exact) mass is 308 g/mol. The highest BCUT2D eigenvalue weighted by Gasteiger charge is 2.15. The van der Waals surface area contributed by atoms with Gasteiger partial charge in [-0.2, -0.15) is 0 Å². The molecule has 1 N–H and O–H groups in total. The SMILES string of the molecule is COC(=O)C(C)NC(=O)CCn1ccc2c(Cl)cccc21. The molecule has 2 aromatic rings. The minimum Gasteiger partial charge on any atom is -0.467 e. The third kappa shape index (κ3) is 3.55. The number of halogens is 1. The van der Waals surface area contributed by atoms with E-state index in [4.69, 9.17) is 11.6 Å². The van der Waals surface area contributed by atoms with Crippen molar-refractivity contribution in [2.75, 3.05) is 7.11 Å². The third-order valence-corrected chi connectivity index (χ3v) is 3.60. The van der Waals surface area contributed by atoms with Crippen molar-refractivity contribution in [3.63, 3.8) is 0 Å². The van der Waals surface area contributed by atoms with E-state index in [9.17, 15) is 9.59 Å². The van der Waals surface area contributed by atoms with Crippen molar-refractivity contribution in [2.45, 2.75) is 25.9 Å². The lowest BCUT2D eigenvalue weighted by Gasteiger charge is -2.12. The fourth-order valence-electron chi connectivity index (χ4n) is 2.15. The Morgan fingerprint density at radius 2 is 2.14 bits per heavy atom. The van der Waals surface area contributed by atoms with Crippen LogP contribution >= 0.6 is 11.6 Å². The summed E-state index contributed by atoms with van der Waals surface area (Å²) in [4.78, 5) is 23.0. The van der Waals surface area contributed by atoms with Crippen molar-refractivity contribution in [3.8, 4) is 0 Å². The summed E-state index contributed by atoms with van der Waals surface area (Å²) in [5, 5.41) is 4.25. The Balaban J connectivity index is 1.97. The molecule has 6 heteroatoms. The molecule has 0 aliphatic rings. The number of methoxy groups -OCH3 is 1. The molecule has 1 aromatic carbocycles. The van der Waals surface area contributed by atoms with Crippen molar-refractivity contribution >= 4 is 34.4 Å². The number of benzene rings is 1. The lowest BCUT2D eigenvalue weighted by molar-refractivity contribution is -0.144. The molecule has 0 saturated heterocycles. The summed E-state index contributed by atoms with van der Waals surface area (Å²) in [5.74, 6) is -0.654. The average molecular weight is 309 g/mol. The van der Waals surface area contributed by atoms with Gasteiger partial charge in [0.1, 0.15) is 6.04 Å². The summed E-state index contributed by atoms with van der Waals surface area (Å²) in [7, 11) is 1.29. The normalized spacial score (nSPS) is 12.1. The average Bonchev–Trinajstić information content (AvgIpc) is 2.88. The molecule has 0 aliphatic heterocycles. The van der Waals surface area contributed by atoms with Crippen molar-refractivity contribution in [3.05, 3.63) is 35.5 Å². The predicted molar refractivity (Wildman–Crippen MR) is 81.2 cm³/mol. The van der Waals surface area contributed by atoms with Gasteiger partial charge >= 0.3 is 5.97 Å². The molecular formula is C15H17ClN2O3. The molecule has 0 radical (unpaired) electrons. The molecule has 1 atom stereocenters. The number of aromatic nitrogens is 1. The van der Waals surface area contributed by atoms with E-state index in [2.05, 4.69) is 10.1 Å². The number of hydrogen-bond donors (Lipinski definition) is 1. The van der Waals surface area contributed by atoms with E-state index in [1.807, 2.05) is 35.0 Å². The van der Waals surface area contributed by atoms with E-state index in [0.29, 0.717) is 11.6 Å². The van der Waals surface area contributed by atoms with Gasteiger partial charge in [0.15, 0.2) is 0 Å². The highest BCUT2D eigenvalue weighted by molar-refractivity contribution is 6.35. The second-order valence-electron chi connectivity index (χ2n) is 4.74. The number of amides is 1. The van der Waals surface area contributed by atoms with Gasteiger partial charge in [-0.3, -0.25) is 4.79 Å². The van der Waals surface area contributed by atoms with Crippen LogP contribution in [0.5, 0.6) is 0 Å². The molecule has 5 nitrogen and oxygen atoms in total. The number of nitrogens with zero attached hydrogens (tertiary/aromatic N) is 1. The minimum atomic E-state index is -0.640. The maximum Gasteiger partial charge on any atom is 0.328 e. The molecule has 0 saturated carbocycles. The van der Waals surface area contributed by atoms with Gasteiger partial charge in [0.2, 0.25) is 5.91 Å². The van der Waals surface area contributed by atoms with Crippen molar-refractivity contribution in [1.82, 2.24) is 9.88 Å². The van der Waals surface area contributed by atoms with Crippen LogP contribution < -0.4 is 5.32 Å². The van der Waals surface area contributed by atoms with Gasteiger partial charge in [-0.1, -0.05) is 17.7 Å². The molecule has 0 aliphatic carbocycles. The highest BCUT2D eigenvalue weighted by Crippen LogP contribution is 2.24. The third-order valence-electron chi connectivity index (χ3n) is 3.27. The predicted octanol–water partition coefficient (Wildman–Crippen LogP) is 2.36. The molecular weight excluding hydrogens is 292 g/mol. The lowest BCUT2D eigenvalue weighted by Crippen LogP contribution is -2.39. The van der Waals surface area contributed by atoms with E-state index in [1.54, 1.807) is 6.92 Å². The molecule has 0 spiro atoms. The van der Waals surface area contributed by atoms with E-state index in [0.717, 1.165) is 10.9 Å². The number of hydrogen-bond acceptors (Lipinski definition) is 3. The fourth-order valence-corrected chi connectivity index (χ4v) is 2.38. The Morgan fingerprint density at radius 1 is 1.38 bits per heavy atom. The molecule has 1 amide bonds. The number of carbonyl (C=O) groups excluding carboxylic acids is 2. The first kappa shape index (κ1) is 15.4. The molecule has 1 unspecified atom stereocenters. The standard InChI is InChI=1S/C15H17ClN2O3/c1-10(15(20)21-2)17-14(19)7-9-18-8-6-11-12(16)4-3-5-13(11)18/h3-6,8,10H,7,9H2,1-2H3,(H,17,19). The van der Waals surface area contributed by atoms with E-state index >= 15 is 0 Å². The Labute approximate surface area is 127 Å². The molecule has 0 bridgehead atoms. The van der Waals surface area contributed by atoms with Crippen LogP contribution in [0.1, 0.15) is 13.3 Å². The number of ether oxygens (including phenoxy) is 1. The van der Waals surface area contributed by atoms with Gasteiger partial charge in [-0.05, 0) is 25.1 Å². The number of nitrogens with one attached hydrogen (secondary N) is 1. The van der Waals surface area contributed by atoms with Crippen molar-refractivity contribution in [1.29, 1.82) is 0 Å². The highest BCUT2D eigenvalue weighted by atomic mass is 35.5. The number of carbonyl (C=O) groups is 2. The zero-order valence-corrected chi connectivity index (χ0v) is 12.7. The summed E-state index contributed by atoms with van der Waals surface area (Å²) >= 11 is 6.11. The van der Waals surface area contributed by atoms with Gasteiger partial charge in [0, 0.05) is 35.1 Å². The first-order valence-corrected chi connectivity index (χ1v) is 7.01. The van der Waals surface area contributed by atoms with Crippen LogP contribution in [0.4, 0.5) is 0 Å². The summed E-state index contributed by atoms with van der Waals surface area (Å²) in [5.41, 5.74) is 0.983. The van der Waals surface area contributed by atoms with Crippen LogP contribution in [0.3, 0.4) is 0 Å². The van der Waals surface area contributed by atoms with Crippen LogP contribution in [0, 0.1) is 0 Å². The maximum atomic E-state index is 11.8. The second kappa shape index (κ2) is 6.63. The van der Waals surface area contributed by atoms with E-state index in [-0.39, 0.29) is 12.3 Å². The number of rotatable bonds is 5. The fraction of sp³-hybridized carbons (Fsp3) is 0.333. The second-order valence-corrected chi connectivity index (χ2v) is 5.15. The first-order valence-electron chi connectivity index (χ1n) is 6.63. The summed E-state index contributed by atoms with van der Waals surface area (Å²) in [6.07, 6.45) is 2.17. The largest absolute Gasteiger partial charge is 0.467 e. The van der Waals surface area contributed by atoms with E-state index < -0.39 is 12.0 Å². The van der Waals surface area contributed by atoms with Crippen LogP contribution in [-0.2, 0) is 20.9 Å². The van der Waals surface area contributed by atoms with Crippen LogP contribution in [-0.4, -0.2) is 29.6 Å². The topological polar surface area (TPSA) is 60.3 Å². The van der Waals surface area contributed by atoms with Gasteiger partial charge in [0.05, 0.1) is 7.11 Å². The number of fused-ring (bicyclic) bond motifs is 1. The Hall–Kier alpha value is -2.01. The molecule has 112 valence electrons. The Morgan fingerprint density at radius 3 is 2.86 bits per heavy atom. The zero-order valence-electron chi connectivity index (χ0n) is 11.9. The van der Waals surface area contributed by atoms with Gasteiger partial charge in [0.25, 0.3) is 0 Å². The van der Waals surface area contributed by atoms with Crippen LogP contribution in [0.2, 0.25) is 5.02 Å². The quantitative estimate of drug-likeness (QED) is 0.863. The molecule has 2 rings (SSSR count). The van der Waals surface area contributed by atoms with Gasteiger partial charge < -0.3 is 14.6 Å². The first-order chi connectivity index (χ1) is 10.0. The number of aryl methyl sites for hydroxylation is 1. The Bertz CT molecular complexity index is 666. The Kier molecular flexibility index (Phi) is 4.85.